The van der Waals surface area contributed by atoms with Gasteiger partial charge in [-0.15, -0.1) is 0 Å². The maximum absolute atomic E-state index is 5.16. The summed E-state index contributed by atoms with van der Waals surface area (Å²) in [6, 6.07) is 0.656. The number of likely N-dealkylation sites (N-methyl/N-ethyl adjacent to an activating group) is 1. The molecule has 2 unspecified atom stereocenters. The SMILES string of the molecule is COCC1CC(C)CCN1C. The van der Waals surface area contributed by atoms with Crippen molar-refractivity contribution in [3.05, 3.63) is 0 Å². The molecule has 1 heterocycles. The number of nitrogens with zero attached hydrogens (tertiary/aromatic N) is 1. The van der Waals surface area contributed by atoms with Gasteiger partial charge in [-0.3, -0.25) is 0 Å². The summed E-state index contributed by atoms with van der Waals surface area (Å²) in [6.07, 6.45) is 2.64. The molecule has 1 aliphatic heterocycles. The molecule has 11 heavy (non-hydrogen) atoms. The van der Waals surface area contributed by atoms with Crippen LogP contribution in [0.3, 0.4) is 0 Å². The highest BCUT2D eigenvalue weighted by Gasteiger charge is 2.22. The zero-order chi connectivity index (χ0) is 8.27. The van der Waals surface area contributed by atoms with E-state index >= 15 is 0 Å². The van der Waals surface area contributed by atoms with Crippen molar-refractivity contribution in [2.75, 3.05) is 27.3 Å². The van der Waals surface area contributed by atoms with E-state index in [-0.39, 0.29) is 0 Å². The molecule has 0 radical (unpaired) electrons. The van der Waals surface area contributed by atoms with Crippen LogP contribution in [-0.4, -0.2) is 38.3 Å². The quantitative estimate of drug-likeness (QED) is 0.600. The number of hydrogen-bond acceptors (Lipinski definition) is 2. The van der Waals surface area contributed by atoms with Crippen LogP contribution in [0, 0.1) is 5.92 Å². The molecule has 0 saturated carbocycles. The van der Waals surface area contributed by atoms with Gasteiger partial charge >= 0.3 is 0 Å². The second-order valence-corrected chi connectivity index (χ2v) is 3.72. The third-order valence-electron chi connectivity index (χ3n) is 2.63. The van der Waals surface area contributed by atoms with Crippen LogP contribution < -0.4 is 0 Å². The monoisotopic (exact) mass is 157 g/mol. The van der Waals surface area contributed by atoms with Crippen molar-refractivity contribution in [1.29, 1.82) is 0 Å². The number of methoxy groups -OCH3 is 1. The Hall–Kier alpha value is -0.0800. The third-order valence-corrected chi connectivity index (χ3v) is 2.63. The van der Waals surface area contributed by atoms with Crippen LogP contribution in [0.5, 0.6) is 0 Å². The van der Waals surface area contributed by atoms with Gasteiger partial charge in [0.25, 0.3) is 0 Å². The number of piperidine rings is 1. The van der Waals surface area contributed by atoms with Gasteiger partial charge in [0.05, 0.1) is 6.61 Å². The molecule has 66 valence electrons. The first kappa shape index (κ1) is 9.01. The third kappa shape index (κ3) is 2.46. The van der Waals surface area contributed by atoms with Crippen molar-refractivity contribution in [2.24, 2.45) is 5.92 Å². The molecule has 1 aliphatic rings. The first-order chi connectivity index (χ1) is 5.24. The largest absolute Gasteiger partial charge is 0.383 e. The zero-order valence-corrected chi connectivity index (χ0v) is 7.84. The Morgan fingerprint density at radius 2 is 2.27 bits per heavy atom. The number of likely N-dealkylation sites (tertiary alicyclic amines) is 1. The number of rotatable bonds is 2. The normalized spacial score (nSPS) is 34.1. The molecule has 1 fully saturated rings. The van der Waals surface area contributed by atoms with Gasteiger partial charge in [0.2, 0.25) is 0 Å². The smallest absolute Gasteiger partial charge is 0.0618 e. The summed E-state index contributed by atoms with van der Waals surface area (Å²) < 4.78 is 5.16. The molecule has 0 aromatic carbocycles. The summed E-state index contributed by atoms with van der Waals surface area (Å²) in [5.74, 6) is 0.881. The molecule has 1 rings (SSSR count). The summed E-state index contributed by atoms with van der Waals surface area (Å²) in [5, 5.41) is 0. The summed E-state index contributed by atoms with van der Waals surface area (Å²) in [4.78, 5) is 2.41. The molecule has 0 aliphatic carbocycles. The van der Waals surface area contributed by atoms with Crippen LogP contribution in [0.4, 0.5) is 0 Å². The Bertz CT molecular complexity index is 116. The first-order valence-electron chi connectivity index (χ1n) is 4.43. The zero-order valence-electron chi connectivity index (χ0n) is 7.84. The lowest BCUT2D eigenvalue weighted by atomic mass is 9.93. The lowest BCUT2D eigenvalue weighted by Gasteiger charge is -2.35. The highest BCUT2D eigenvalue weighted by atomic mass is 16.5. The van der Waals surface area contributed by atoms with Crippen molar-refractivity contribution in [3.63, 3.8) is 0 Å². The van der Waals surface area contributed by atoms with Crippen molar-refractivity contribution in [3.8, 4) is 0 Å². The predicted octanol–water partition coefficient (Wildman–Crippen LogP) is 1.36. The van der Waals surface area contributed by atoms with Crippen LogP contribution in [0.25, 0.3) is 0 Å². The van der Waals surface area contributed by atoms with Gasteiger partial charge in [-0.1, -0.05) is 6.92 Å². The molecule has 1 saturated heterocycles. The fourth-order valence-corrected chi connectivity index (χ4v) is 1.76. The molecule has 0 aromatic heterocycles. The van der Waals surface area contributed by atoms with Gasteiger partial charge in [-0.2, -0.15) is 0 Å². The average Bonchev–Trinajstić information content (AvgIpc) is 1.98. The van der Waals surface area contributed by atoms with Gasteiger partial charge < -0.3 is 9.64 Å². The minimum absolute atomic E-state index is 0.656. The number of hydrogen-bond donors (Lipinski definition) is 0. The topological polar surface area (TPSA) is 12.5 Å². The second kappa shape index (κ2) is 4.07. The minimum Gasteiger partial charge on any atom is -0.383 e. The summed E-state index contributed by atoms with van der Waals surface area (Å²) >= 11 is 0. The van der Waals surface area contributed by atoms with Crippen molar-refractivity contribution < 1.29 is 4.74 Å². The molecular weight excluding hydrogens is 138 g/mol. The van der Waals surface area contributed by atoms with E-state index < -0.39 is 0 Å². The maximum Gasteiger partial charge on any atom is 0.0618 e. The van der Waals surface area contributed by atoms with Gasteiger partial charge in [0.15, 0.2) is 0 Å². The summed E-state index contributed by atoms with van der Waals surface area (Å²) in [7, 11) is 3.97. The van der Waals surface area contributed by atoms with Gasteiger partial charge in [0, 0.05) is 13.2 Å². The molecule has 0 spiro atoms. The fraction of sp³-hybridized carbons (Fsp3) is 1.00. The van der Waals surface area contributed by atoms with Crippen LogP contribution in [-0.2, 0) is 4.74 Å². The van der Waals surface area contributed by atoms with Crippen LogP contribution in [0.1, 0.15) is 19.8 Å². The van der Waals surface area contributed by atoms with E-state index in [4.69, 9.17) is 4.74 Å². The van der Waals surface area contributed by atoms with Gasteiger partial charge in [-0.05, 0) is 32.4 Å². The Balaban J connectivity index is 2.34. The Kier molecular flexibility index (Phi) is 3.34. The highest BCUT2D eigenvalue weighted by Crippen LogP contribution is 2.20. The number of ether oxygens (including phenoxy) is 1. The summed E-state index contributed by atoms with van der Waals surface area (Å²) in [5.41, 5.74) is 0. The summed E-state index contributed by atoms with van der Waals surface area (Å²) in [6.45, 7) is 4.45. The molecule has 2 nitrogen and oxygen atoms in total. The first-order valence-corrected chi connectivity index (χ1v) is 4.43. The lowest BCUT2D eigenvalue weighted by Crippen LogP contribution is -2.41. The Morgan fingerprint density at radius 3 is 2.91 bits per heavy atom. The predicted molar refractivity (Wildman–Crippen MR) is 46.7 cm³/mol. The van der Waals surface area contributed by atoms with E-state index in [0.29, 0.717) is 6.04 Å². The molecule has 0 aromatic rings. The van der Waals surface area contributed by atoms with Crippen LogP contribution in [0.2, 0.25) is 0 Å². The molecule has 0 bridgehead atoms. The average molecular weight is 157 g/mol. The minimum atomic E-state index is 0.656. The van der Waals surface area contributed by atoms with E-state index in [0.717, 1.165) is 12.5 Å². The van der Waals surface area contributed by atoms with Gasteiger partial charge in [0.1, 0.15) is 0 Å². The van der Waals surface area contributed by atoms with Crippen molar-refractivity contribution in [2.45, 2.75) is 25.8 Å². The van der Waals surface area contributed by atoms with Crippen LogP contribution in [0.15, 0.2) is 0 Å². The highest BCUT2D eigenvalue weighted by molar-refractivity contribution is 4.77. The van der Waals surface area contributed by atoms with E-state index in [1.165, 1.54) is 19.4 Å². The van der Waals surface area contributed by atoms with E-state index in [9.17, 15) is 0 Å². The standard InChI is InChI=1S/C9H19NO/c1-8-4-5-10(2)9(6-8)7-11-3/h8-9H,4-7H2,1-3H3. The van der Waals surface area contributed by atoms with Crippen molar-refractivity contribution in [1.82, 2.24) is 4.90 Å². The van der Waals surface area contributed by atoms with Crippen LogP contribution >= 0.6 is 0 Å². The molecule has 2 atom stereocenters. The van der Waals surface area contributed by atoms with Crippen molar-refractivity contribution >= 4 is 0 Å². The second-order valence-electron chi connectivity index (χ2n) is 3.72. The lowest BCUT2D eigenvalue weighted by molar-refractivity contribution is 0.0657. The Morgan fingerprint density at radius 1 is 1.55 bits per heavy atom. The molecule has 2 heteroatoms. The van der Waals surface area contributed by atoms with E-state index in [2.05, 4.69) is 18.9 Å². The van der Waals surface area contributed by atoms with Gasteiger partial charge in [-0.25, -0.2) is 0 Å². The van der Waals surface area contributed by atoms with E-state index in [1.54, 1.807) is 7.11 Å². The Labute approximate surface area is 69.5 Å². The fourth-order valence-electron chi connectivity index (χ4n) is 1.76. The molecule has 0 N–H and O–H groups in total. The maximum atomic E-state index is 5.16. The van der Waals surface area contributed by atoms with E-state index in [1.807, 2.05) is 0 Å². The molecule has 0 amide bonds. The molecular formula is C9H19NO.